The minimum atomic E-state index is -1.05. The van der Waals surface area contributed by atoms with Crippen molar-refractivity contribution in [2.45, 2.75) is 0 Å². The van der Waals surface area contributed by atoms with Crippen LogP contribution in [0.3, 0.4) is 0 Å². The molecule has 0 saturated carbocycles. The lowest BCUT2D eigenvalue weighted by molar-refractivity contribution is 0.103. The average Bonchev–Trinajstić information content (AvgIpc) is 2.30. The van der Waals surface area contributed by atoms with Gasteiger partial charge in [0.2, 0.25) is 0 Å². The number of carbonyl (C=O) groups is 1. The average molecular weight is 332 g/mol. The lowest BCUT2D eigenvalue weighted by Gasteiger charge is -2.03. The van der Waals surface area contributed by atoms with Crippen LogP contribution in [0, 0.1) is 11.6 Å². The lowest BCUT2D eigenvalue weighted by Crippen LogP contribution is -2.02. The van der Waals surface area contributed by atoms with Gasteiger partial charge in [-0.2, -0.15) is 0 Å². The highest BCUT2D eigenvalue weighted by atomic mass is 79.9. The zero-order chi connectivity index (χ0) is 13.3. The van der Waals surface area contributed by atoms with Gasteiger partial charge in [0, 0.05) is 20.6 Å². The van der Waals surface area contributed by atoms with Gasteiger partial charge >= 0.3 is 0 Å². The number of carbonyl (C=O) groups excluding carboxylic acids is 1. The first-order valence-corrected chi connectivity index (χ1v) is 6.10. The summed E-state index contributed by atoms with van der Waals surface area (Å²) in [4.78, 5) is 12.0. The number of ketones is 1. The summed E-state index contributed by atoms with van der Waals surface area (Å²) in [7, 11) is 0. The fourth-order valence-electron chi connectivity index (χ4n) is 1.49. The second-order valence-electron chi connectivity index (χ2n) is 3.62. The lowest BCUT2D eigenvalue weighted by atomic mass is 10.0. The highest BCUT2D eigenvalue weighted by Gasteiger charge is 2.13. The van der Waals surface area contributed by atoms with Crippen LogP contribution in [0.15, 0.2) is 40.9 Å². The van der Waals surface area contributed by atoms with E-state index in [1.54, 1.807) is 12.1 Å². The Morgan fingerprint density at radius 3 is 2.33 bits per heavy atom. The molecule has 2 rings (SSSR count). The highest BCUT2D eigenvalue weighted by molar-refractivity contribution is 9.10. The van der Waals surface area contributed by atoms with Gasteiger partial charge in [-0.15, -0.1) is 0 Å². The SMILES string of the molecule is O=C(c1cc(Cl)cc(Br)c1)c1ccc(F)c(F)c1. The van der Waals surface area contributed by atoms with Gasteiger partial charge in [-0.25, -0.2) is 8.78 Å². The highest BCUT2D eigenvalue weighted by Crippen LogP contribution is 2.22. The van der Waals surface area contributed by atoms with Crippen LogP contribution in [0.4, 0.5) is 8.78 Å². The molecule has 0 spiro atoms. The quantitative estimate of drug-likeness (QED) is 0.734. The van der Waals surface area contributed by atoms with Crippen LogP contribution in [0.25, 0.3) is 0 Å². The molecule has 0 N–H and O–H groups in total. The maximum atomic E-state index is 13.1. The van der Waals surface area contributed by atoms with Gasteiger partial charge in [-0.3, -0.25) is 4.79 Å². The fraction of sp³-hybridized carbons (Fsp3) is 0. The monoisotopic (exact) mass is 330 g/mol. The molecule has 0 aliphatic carbocycles. The summed E-state index contributed by atoms with van der Waals surface area (Å²) in [5.74, 6) is -2.46. The predicted octanol–water partition coefficient (Wildman–Crippen LogP) is 4.61. The zero-order valence-corrected chi connectivity index (χ0v) is 11.2. The molecule has 0 saturated heterocycles. The molecule has 18 heavy (non-hydrogen) atoms. The zero-order valence-electron chi connectivity index (χ0n) is 8.88. The normalized spacial score (nSPS) is 10.4. The summed E-state index contributed by atoms with van der Waals surface area (Å²) in [5, 5.41) is 0.385. The van der Waals surface area contributed by atoms with E-state index in [4.69, 9.17) is 11.6 Å². The molecule has 0 unspecified atom stereocenters. The Bertz CT molecular complexity index is 608. The summed E-state index contributed by atoms with van der Waals surface area (Å²) in [5.41, 5.74) is 0.378. The van der Waals surface area contributed by atoms with Crippen molar-refractivity contribution in [3.05, 3.63) is 68.7 Å². The molecule has 0 bridgehead atoms. The third-order valence-electron chi connectivity index (χ3n) is 2.31. The molecule has 0 atom stereocenters. The molecule has 2 aromatic carbocycles. The predicted molar refractivity (Wildman–Crippen MR) is 68.9 cm³/mol. The molecule has 0 heterocycles. The topological polar surface area (TPSA) is 17.1 Å². The van der Waals surface area contributed by atoms with E-state index >= 15 is 0 Å². The van der Waals surface area contributed by atoms with E-state index < -0.39 is 17.4 Å². The first kappa shape index (κ1) is 13.2. The smallest absolute Gasteiger partial charge is 0.193 e. The van der Waals surface area contributed by atoms with Crippen molar-refractivity contribution < 1.29 is 13.6 Å². The van der Waals surface area contributed by atoms with Crippen LogP contribution in [0.2, 0.25) is 5.02 Å². The molecular weight excluding hydrogens is 325 g/mol. The first-order valence-electron chi connectivity index (χ1n) is 4.93. The Labute approximate surface area is 116 Å². The van der Waals surface area contributed by atoms with E-state index in [0.29, 0.717) is 15.1 Å². The van der Waals surface area contributed by atoms with E-state index in [0.717, 1.165) is 12.1 Å². The van der Waals surface area contributed by atoms with Gasteiger partial charge in [0.15, 0.2) is 17.4 Å². The van der Waals surface area contributed by atoms with Crippen LogP contribution in [-0.4, -0.2) is 5.78 Å². The number of halogens is 4. The maximum Gasteiger partial charge on any atom is 0.193 e. The largest absolute Gasteiger partial charge is 0.289 e. The van der Waals surface area contributed by atoms with Crippen LogP contribution in [-0.2, 0) is 0 Å². The minimum Gasteiger partial charge on any atom is -0.289 e. The molecule has 0 aromatic heterocycles. The molecule has 2 aromatic rings. The minimum absolute atomic E-state index is 0.0723. The third-order valence-corrected chi connectivity index (χ3v) is 2.98. The van der Waals surface area contributed by atoms with Crippen LogP contribution in [0.5, 0.6) is 0 Å². The van der Waals surface area contributed by atoms with E-state index in [2.05, 4.69) is 15.9 Å². The molecule has 5 heteroatoms. The van der Waals surface area contributed by atoms with Gasteiger partial charge in [-0.05, 0) is 36.4 Å². The molecule has 1 nitrogen and oxygen atoms in total. The van der Waals surface area contributed by atoms with Crippen LogP contribution >= 0.6 is 27.5 Å². The Hall–Kier alpha value is -1.26. The molecule has 0 aliphatic heterocycles. The molecule has 0 radical (unpaired) electrons. The summed E-state index contributed by atoms with van der Waals surface area (Å²) < 4.78 is 26.5. The molecule has 0 aliphatic rings. The molecule has 0 amide bonds. The van der Waals surface area contributed by atoms with E-state index in [1.807, 2.05) is 0 Å². The Morgan fingerprint density at radius 2 is 1.72 bits per heavy atom. The van der Waals surface area contributed by atoms with Gasteiger partial charge in [0.05, 0.1) is 0 Å². The Morgan fingerprint density at radius 1 is 1.00 bits per heavy atom. The van der Waals surface area contributed by atoms with Crippen molar-refractivity contribution in [1.29, 1.82) is 0 Å². The number of hydrogen-bond acceptors (Lipinski definition) is 1. The van der Waals surface area contributed by atoms with Gasteiger partial charge in [-0.1, -0.05) is 27.5 Å². The van der Waals surface area contributed by atoms with E-state index in [1.165, 1.54) is 12.1 Å². The van der Waals surface area contributed by atoms with Crippen LogP contribution < -0.4 is 0 Å². The Balaban J connectivity index is 2.44. The third kappa shape index (κ3) is 2.76. The van der Waals surface area contributed by atoms with Gasteiger partial charge < -0.3 is 0 Å². The number of hydrogen-bond donors (Lipinski definition) is 0. The summed E-state index contributed by atoms with van der Waals surface area (Å²) in [6.45, 7) is 0. The number of rotatable bonds is 2. The summed E-state index contributed by atoms with van der Waals surface area (Å²) in [6, 6.07) is 7.68. The van der Waals surface area contributed by atoms with Crippen molar-refractivity contribution in [3.63, 3.8) is 0 Å². The first-order chi connectivity index (χ1) is 8.47. The maximum absolute atomic E-state index is 13.1. The fourth-order valence-corrected chi connectivity index (χ4v) is 2.35. The van der Waals surface area contributed by atoms with Crippen molar-refractivity contribution in [2.24, 2.45) is 0 Å². The standard InChI is InChI=1S/C13H6BrClF2O/c14-9-3-8(4-10(15)6-9)13(18)7-1-2-11(16)12(17)5-7/h1-6H. The van der Waals surface area contributed by atoms with Crippen molar-refractivity contribution in [2.75, 3.05) is 0 Å². The number of benzene rings is 2. The second kappa shape index (κ2) is 5.16. The van der Waals surface area contributed by atoms with Crippen molar-refractivity contribution >= 4 is 33.3 Å². The van der Waals surface area contributed by atoms with Crippen molar-refractivity contribution in [1.82, 2.24) is 0 Å². The van der Waals surface area contributed by atoms with Crippen molar-refractivity contribution in [3.8, 4) is 0 Å². The van der Waals surface area contributed by atoms with E-state index in [-0.39, 0.29) is 5.56 Å². The molecular formula is C13H6BrClF2O. The Kier molecular flexibility index (Phi) is 3.78. The summed E-state index contributed by atoms with van der Waals surface area (Å²) >= 11 is 9.03. The summed E-state index contributed by atoms with van der Waals surface area (Å²) in [6.07, 6.45) is 0. The van der Waals surface area contributed by atoms with Gasteiger partial charge in [0.1, 0.15) is 0 Å². The second-order valence-corrected chi connectivity index (χ2v) is 4.97. The molecule has 92 valence electrons. The molecule has 0 fully saturated rings. The van der Waals surface area contributed by atoms with Gasteiger partial charge in [0.25, 0.3) is 0 Å². The van der Waals surface area contributed by atoms with Crippen LogP contribution in [0.1, 0.15) is 15.9 Å². The van der Waals surface area contributed by atoms with E-state index in [9.17, 15) is 13.6 Å².